The summed E-state index contributed by atoms with van der Waals surface area (Å²) in [5.41, 5.74) is 15.9. The second kappa shape index (κ2) is 9.48. The molecule has 1 saturated heterocycles. The minimum Gasteiger partial charge on any atom is -0.591 e. The molecule has 3 aromatic rings. The molecule has 0 saturated carbocycles. The lowest BCUT2D eigenvalue weighted by molar-refractivity contribution is 0.232. The Morgan fingerprint density at radius 2 is 1.89 bits per heavy atom. The van der Waals surface area contributed by atoms with Gasteiger partial charge in [-0.3, -0.25) is 4.21 Å². The van der Waals surface area contributed by atoms with E-state index >= 15 is 0 Å². The van der Waals surface area contributed by atoms with Crippen LogP contribution in [0.15, 0.2) is 46.6 Å². The highest BCUT2D eigenvalue weighted by molar-refractivity contribution is 7.99. The lowest BCUT2D eigenvalue weighted by Gasteiger charge is -2.40. The van der Waals surface area contributed by atoms with Crippen molar-refractivity contribution in [1.82, 2.24) is 15.0 Å². The number of aromatic nitrogens is 3. The zero-order valence-electron chi connectivity index (χ0n) is 20.3. The maximum absolute atomic E-state index is 12.2. The average molecular weight is 543 g/mol. The van der Waals surface area contributed by atoms with E-state index in [-0.39, 0.29) is 11.2 Å². The van der Waals surface area contributed by atoms with Crippen LogP contribution in [0.2, 0.25) is 5.02 Å². The number of fused-ring (bicyclic) bond motifs is 1. The molecule has 5 N–H and O–H groups in total. The summed E-state index contributed by atoms with van der Waals surface area (Å²) in [6, 6.07) is 8.05. The fourth-order valence-corrected chi connectivity index (χ4v) is 6.72. The first-order valence-corrected chi connectivity index (χ1v) is 14.1. The van der Waals surface area contributed by atoms with Gasteiger partial charge < -0.3 is 21.5 Å². The summed E-state index contributed by atoms with van der Waals surface area (Å²) in [7, 11) is -1.69. The zero-order chi connectivity index (χ0) is 25.7. The van der Waals surface area contributed by atoms with E-state index in [0.717, 1.165) is 55.0 Å². The number of hydrogen-bond donors (Lipinski definition) is 2. The summed E-state index contributed by atoms with van der Waals surface area (Å²) < 4.78 is 11.5. The second-order valence-corrected chi connectivity index (χ2v) is 13.1. The molecule has 2 aliphatic rings. The van der Waals surface area contributed by atoms with Crippen molar-refractivity contribution in [2.24, 2.45) is 5.41 Å². The molecule has 2 aromatic heterocycles. The van der Waals surface area contributed by atoms with Gasteiger partial charge in [0.25, 0.3) is 0 Å². The third-order valence-corrected chi connectivity index (χ3v) is 10.2. The van der Waals surface area contributed by atoms with Gasteiger partial charge in [0.15, 0.2) is 5.82 Å². The van der Waals surface area contributed by atoms with Crippen LogP contribution in [0.1, 0.15) is 43.4 Å². The third-order valence-electron chi connectivity index (χ3n) is 7.49. The number of nitrogens with zero attached hydrogens (tertiary/aromatic N) is 4. The minimum absolute atomic E-state index is 0.182. The lowest BCUT2D eigenvalue weighted by atomic mass is 9.75. The van der Waals surface area contributed by atoms with E-state index in [1.54, 1.807) is 18.5 Å². The molecule has 8 nitrogen and oxygen atoms in total. The molecular weight excluding hydrogens is 514 g/mol. The van der Waals surface area contributed by atoms with E-state index in [1.165, 1.54) is 22.9 Å². The van der Waals surface area contributed by atoms with Crippen molar-refractivity contribution < 1.29 is 4.21 Å². The number of halogens is 1. The Labute approximate surface area is 223 Å². The number of nitrogens with two attached hydrogens (primary N) is 2. The predicted molar refractivity (Wildman–Crippen MR) is 147 cm³/mol. The van der Waals surface area contributed by atoms with E-state index in [1.807, 2.05) is 26.0 Å². The van der Waals surface area contributed by atoms with Gasteiger partial charge in [-0.05, 0) is 67.7 Å². The Morgan fingerprint density at radius 3 is 2.58 bits per heavy atom. The largest absolute Gasteiger partial charge is 0.591 e. The number of hydrogen-bond acceptors (Lipinski definition) is 8. The van der Waals surface area contributed by atoms with Crippen molar-refractivity contribution in [1.29, 1.82) is 0 Å². The number of rotatable bonds is 5. The molecule has 190 valence electrons. The van der Waals surface area contributed by atoms with Gasteiger partial charge in [-0.25, -0.2) is 15.0 Å². The first-order chi connectivity index (χ1) is 17.1. The van der Waals surface area contributed by atoms with E-state index in [0.29, 0.717) is 15.9 Å². The first-order valence-electron chi connectivity index (χ1n) is 11.8. The summed E-state index contributed by atoms with van der Waals surface area (Å²) in [5.74, 6) is 1.39. The molecule has 3 heterocycles. The normalized spacial score (nSPS) is 17.8. The van der Waals surface area contributed by atoms with Crippen LogP contribution in [0.25, 0.3) is 5.14 Å². The van der Waals surface area contributed by atoms with Gasteiger partial charge in [0.2, 0.25) is 0 Å². The maximum atomic E-state index is 12.2. The van der Waals surface area contributed by atoms with Crippen molar-refractivity contribution in [2.75, 3.05) is 29.5 Å². The van der Waals surface area contributed by atoms with Crippen LogP contribution in [-0.2, 0) is 28.6 Å². The second-order valence-electron chi connectivity index (χ2n) is 10.1. The molecule has 36 heavy (non-hydrogen) atoms. The fraction of sp³-hybridized carbons (Fsp3) is 0.400. The smallest absolute Gasteiger partial charge is 0.158 e. The molecule has 1 aromatic carbocycles. The highest BCUT2D eigenvalue weighted by Crippen LogP contribution is 2.48. The number of anilines is 3. The molecule has 1 aliphatic heterocycles. The van der Waals surface area contributed by atoms with E-state index in [2.05, 4.69) is 25.9 Å². The van der Waals surface area contributed by atoms with Crippen LogP contribution in [0.5, 0.6) is 0 Å². The van der Waals surface area contributed by atoms with Crippen LogP contribution >= 0.6 is 23.4 Å². The predicted octanol–water partition coefficient (Wildman–Crippen LogP) is 5.18. The number of benzene rings is 1. The van der Waals surface area contributed by atoms with Gasteiger partial charge in [-0.15, -0.1) is 0 Å². The molecular formula is C25H29ClN7OS2-. The van der Waals surface area contributed by atoms with Crippen molar-refractivity contribution in [3.63, 3.8) is 0 Å². The monoisotopic (exact) mass is 542 g/mol. The summed E-state index contributed by atoms with van der Waals surface area (Å²) >= 11 is 7.58. The molecule has 0 amide bonds. The molecule has 1 spiro atoms. The van der Waals surface area contributed by atoms with E-state index in [4.69, 9.17) is 28.2 Å². The molecule has 1 atom stereocenters. The van der Waals surface area contributed by atoms with Gasteiger partial charge >= 0.3 is 0 Å². The zero-order valence-corrected chi connectivity index (χ0v) is 22.6. The minimum atomic E-state index is -1.69. The van der Waals surface area contributed by atoms with Gasteiger partial charge in [-0.2, -0.15) is 0 Å². The summed E-state index contributed by atoms with van der Waals surface area (Å²) in [6.45, 7) is 5.54. The molecule has 1 fully saturated rings. The summed E-state index contributed by atoms with van der Waals surface area (Å²) in [4.78, 5) is 16.2. The van der Waals surface area contributed by atoms with Gasteiger partial charge in [0.1, 0.15) is 16.7 Å². The van der Waals surface area contributed by atoms with Crippen molar-refractivity contribution in [2.45, 2.75) is 54.2 Å². The van der Waals surface area contributed by atoms with Gasteiger partial charge in [-0.1, -0.05) is 52.5 Å². The van der Waals surface area contributed by atoms with Crippen LogP contribution < -0.4 is 16.4 Å². The SMILES string of the molecule is CC(C)(c1cccc2c1CC1(CCN(c3cnc(Sc4ccnc(N)c4Cl)c(N)n3)CC1)C2)S([NH-])=O. The number of piperidine rings is 1. The molecule has 11 heteroatoms. The molecule has 1 unspecified atom stereocenters. The van der Waals surface area contributed by atoms with E-state index in [9.17, 15) is 4.21 Å². The Kier molecular flexibility index (Phi) is 6.65. The van der Waals surface area contributed by atoms with Crippen LogP contribution in [0.4, 0.5) is 17.5 Å². The number of pyridine rings is 1. The quantitative estimate of drug-likeness (QED) is 0.450. The first kappa shape index (κ1) is 25.3. The van der Waals surface area contributed by atoms with Crippen molar-refractivity contribution >= 4 is 51.8 Å². The Balaban J connectivity index is 1.29. The standard InChI is InChI=1S/C25H29ClN7OS2/c1-24(2,36(29)34)17-5-3-4-15-12-25(13-16(15)17)7-10-33(11-8-25)19-14-31-23(22(28)32-19)35-18-6-9-30-21(27)20(18)26/h3-6,9,14,29H,7-8,10-13H2,1-2H3,(H2,27,30)(H2,28,32)/q-1. The Bertz CT molecular complexity index is 1340. The van der Waals surface area contributed by atoms with E-state index < -0.39 is 15.7 Å². The summed E-state index contributed by atoms with van der Waals surface area (Å²) in [6.07, 6.45) is 7.40. The van der Waals surface area contributed by atoms with Crippen LogP contribution in [-0.4, -0.2) is 32.3 Å². The highest BCUT2D eigenvalue weighted by atomic mass is 35.5. The van der Waals surface area contributed by atoms with Crippen molar-refractivity contribution in [3.05, 3.63) is 63.5 Å². The molecule has 0 bridgehead atoms. The van der Waals surface area contributed by atoms with Crippen LogP contribution in [0.3, 0.4) is 0 Å². The van der Waals surface area contributed by atoms with Gasteiger partial charge in [0, 0.05) is 28.9 Å². The average Bonchev–Trinajstić information content (AvgIpc) is 3.21. The number of nitrogen functional groups attached to an aromatic ring is 2. The lowest BCUT2D eigenvalue weighted by Crippen LogP contribution is -2.41. The van der Waals surface area contributed by atoms with Crippen LogP contribution in [0, 0.1) is 5.41 Å². The highest BCUT2D eigenvalue weighted by Gasteiger charge is 2.42. The van der Waals surface area contributed by atoms with Crippen molar-refractivity contribution in [3.8, 4) is 0 Å². The Hall–Kier alpha value is -2.40. The molecule has 1 aliphatic carbocycles. The fourth-order valence-electron chi connectivity index (χ4n) is 5.32. The Morgan fingerprint density at radius 1 is 1.14 bits per heavy atom. The van der Waals surface area contributed by atoms with Gasteiger partial charge in [0.05, 0.1) is 11.2 Å². The third kappa shape index (κ3) is 4.55. The number of nitrogens with one attached hydrogen (secondary N) is 1. The topological polar surface area (TPSA) is 135 Å². The molecule has 0 radical (unpaired) electrons. The summed E-state index contributed by atoms with van der Waals surface area (Å²) in [5, 5.41) is 8.84. The maximum Gasteiger partial charge on any atom is 0.158 e. The molecule has 5 rings (SSSR count).